The van der Waals surface area contributed by atoms with Crippen LogP contribution in [0.5, 0.6) is 5.75 Å². The summed E-state index contributed by atoms with van der Waals surface area (Å²) in [6, 6.07) is 12.3. The minimum absolute atomic E-state index is 0.0595. The number of para-hydroxylation sites is 1. The number of ether oxygens (including phenoxy) is 1. The Labute approximate surface area is 119 Å². The molecule has 106 valence electrons. The van der Waals surface area contributed by atoms with Crippen molar-refractivity contribution in [1.82, 2.24) is 0 Å². The summed E-state index contributed by atoms with van der Waals surface area (Å²) in [5.74, 6) is -0.0173. The van der Waals surface area contributed by atoms with E-state index in [0.29, 0.717) is 16.9 Å². The second-order valence-electron chi connectivity index (χ2n) is 4.69. The Balaban J connectivity index is 1.96. The SMILES string of the molecule is O=C1c2ccccc2OC(c2ccc([N+](=O)[O-])cc2)C1O. The largest absolute Gasteiger partial charge is 0.482 e. The number of ketones is 1. The molecule has 21 heavy (non-hydrogen) atoms. The van der Waals surface area contributed by atoms with E-state index < -0.39 is 22.9 Å². The second-order valence-corrected chi connectivity index (χ2v) is 4.69. The van der Waals surface area contributed by atoms with Crippen LogP contribution in [0, 0.1) is 10.1 Å². The molecule has 0 bridgehead atoms. The molecule has 0 fully saturated rings. The van der Waals surface area contributed by atoms with Crippen LogP contribution < -0.4 is 4.74 Å². The fraction of sp³-hybridized carbons (Fsp3) is 0.133. The number of carbonyl (C=O) groups excluding carboxylic acids is 1. The van der Waals surface area contributed by atoms with Crippen molar-refractivity contribution in [1.29, 1.82) is 0 Å². The number of hydrogen-bond donors (Lipinski definition) is 1. The lowest BCUT2D eigenvalue weighted by Crippen LogP contribution is -2.36. The number of hydrogen-bond acceptors (Lipinski definition) is 5. The maximum absolute atomic E-state index is 12.1. The molecular weight excluding hydrogens is 274 g/mol. The molecule has 0 saturated heterocycles. The smallest absolute Gasteiger partial charge is 0.269 e. The van der Waals surface area contributed by atoms with E-state index in [1.807, 2.05) is 0 Å². The van der Waals surface area contributed by atoms with Crippen LogP contribution in [0.1, 0.15) is 22.0 Å². The molecule has 1 N–H and O–H groups in total. The van der Waals surface area contributed by atoms with Gasteiger partial charge in [-0.25, -0.2) is 0 Å². The van der Waals surface area contributed by atoms with Crippen molar-refractivity contribution in [2.24, 2.45) is 0 Å². The van der Waals surface area contributed by atoms with Crippen molar-refractivity contribution < 1.29 is 19.6 Å². The lowest BCUT2D eigenvalue weighted by atomic mass is 9.93. The quantitative estimate of drug-likeness (QED) is 0.675. The first-order valence-corrected chi connectivity index (χ1v) is 6.30. The molecule has 1 aliphatic rings. The van der Waals surface area contributed by atoms with E-state index in [4.69, 9.17) is 4.74 Å². The number of non-ortho nitro benzene ring substituents is 1. The van der Waals surface area contributed by atoms with Gasteiger partial charge in [0.05, 0.1) is 10.5 Å². The summed E-state index contributed by atoms with van der Waals surface area (Å²) in [5.41, 5.74) is 0.787. The summed E-state index contributed by atoms with van der Waals surface area (Å²) in [6.45, 7) is 0. The minimum atomic E-state index is -1.33. The minimum Gasteiger partial charge on any atom is -0.482 e. The Kier molecular flexibility index (Phi) is 3.15. The molecule has 3 rings (SSSR count). The summed E-state index contributed by atoms with van der Waals surface area (Å²) in [6.07, 6.45) is -2.20. The van der Waals surface area contributed by atoms with E-state index >= 15 is 0 Å². The van der Waals surface area contributed by atoms with Crippen LogP contribution in [0.4, 0.5) is 5.69 Å². The first-order chi connectivity index (χ1) is 10.1. The zero-order valence-corrected chi connectivity index (χ0v) is 10.8. The molecule has 6 nitrogen and oxygen atoms in total. The van der Waals surface area contributed by atoms with Crippen molar-refractivity contribution >= 4 is 11.5 Å². The van der Waals surface area contributed by atoms with E-state index in [-0.39, 0.29) is 5.69 Å². The number of carbonyl (C=O) groups is 1. The first-order valence-electron chi connectivity index (χ1n) is 6.30. The molecule has 2 aromatic carbocycles. The number of fused-ring (bicyclic) bond motifs is 1. The van der Waals surface area contributed by atoms with Crippen molar-refractivity contribution in [3.8, 4) is 5.75 Å². The molecule has 0 aliphatic carbocycles. The number of rotatable bonds is 2. The van der Waals surface area contributed by atoms with Gasteiger partial charge in [-0.3, -0.25) is 14.9 Å². The summed E-state index contributed by atoms with van der Waals surface area (Å²) >= 11 is 0. The average Bonchev–Trinajstić information content (AvgIpc) is 2.51. The topological polar surface area (TPSA) is 89.7 Å². The fourth-order valence-corrected chi connectivity index (χ4v) is 2.31. The number of aliphatic hydroxyl groups excluding tert-OH is 1. The summed E-state index contributed by atoms with van der Waals surface area (Å²) in [7, 11) is 0. The zero-order chi connectivity index (χ0) is 15.0. The van der Waals surface area contributed by atoms with Gasteiger partial charge < -0.3 is 9.84 Å². The van der Waals surface area contributed by atoms with Gasteiger partial charge in [-0.1, -0.05) is 12.1 Å². The molecule has 1 aliphatic heterocycles. The van der Waals surface area contributed by atoms with Crippen LogP contribution in [-0.2, 0) is 0 Å². The van der Waals surface area contributed by atoms with E-state index in [1.54, 1.807) is 24.3 Å². The van der Waals surface area contributed by atoms with E-state index in [9.17, 15) is 20.0 Å². The lowest BCUT2D eigenvalue weighted by molar-refractivity contribution is -0.384. The van der Waals surface area contributed by atoms with Gasteiger partial charge in [0.1, 0.15) is 5.75 Å². The van der Waals surface area contributed by atoms with Gasteiger partial charge in [0.15, 0.2) is 18.0 Å². The maximum Gasteiger partial charge on any atom is 0.269 e. The van der Waals surface area contributed by atoms with Crippen molar-refractivity contribution in [2.75, 3.05) is 0 Å². The third kappa shape index (κ3) is 2.25. The van der Waals surface area contributed by atoms with Gasteiger partial charge in [0, 0.05) is 12.1 Å². The Hall–Kier alpha value is -2.73. The highest BCUT2D eigenvalue weighted by atomic mass is 16.6. The molecule has 0 amide bonds. The van der Waals surface area contributed by atoms with Gasteiger partial charge in [0.2, 0.25) is 0 Å². The third-order valence-electron chi connectivity index (χ3n) is 3.39. The number of benzene rings is 2. The van der Waals surface area contributed by atoms with Crippen LogP contribution in [0.3, 0.4) is 0 Å². The van der Waals surface area contributed by atoms with Gasteiger partial charge in [0.25, 0.3) is 5.69 Å². The number of nitro groups is 1. The van der Waals surface area contributed by atoms with Gasteiger partial charge in [-0.05, 0) is 29.8 Å². The Morgan fingerprint density at radius 1 is 1.10 bits per heavy atom. The van der Waals surface area contributed by atoms with Crippen molar-refractivity contribution in [3.05, 3.63) is 69.8 Å². The third-order valence-corrected chi connectivity index (χ3v) is 3.39. The first kappa shape index (κ1) is 13.3. The van der Waals surface area contributed by atoms with Crippen LogP contribution >= 0.6 is 0 Å². The molecule has 6 heteroatoms. The summed E-state index contributed by atoms with van der Waals surface area (Å²) in [5, 5.41) is 20.7. The predicted molar refractivity (Wildman–Crippen MR) is 73.2 cm³/mol. The molecular formula is C15H11NO5. The molecule has 2 atom stereocenters. The highest BCUT2D eigenvalue weighted by molar-refractivity contribution is 6.03. The fourth-order valence-electron chi connectivity index (χ4n) is 2.31. The van der Waals surface area contributed by atoms with Gasteiger partial charge in [-0.15, -0.1) is 0 Å². The summed E-state index contributed by atoms with van der Waals surface area (Å²) < 4.78 is 5.66. The lowest BCUT2D eigenvalue weighted by Gasteiger charge is -2.29. The van der Waals surface area contributed by atoms with Crippen LogP contribution in [0.2, 0.25) is 0 Å². The van der Waals surface area contributed by atoms with E-state index in [0.717, 1.165) is 0 Å². The van der Waals surface area contributed by atoms with Crippen molar-refractivity contribution in [2.45, 2.75) is 12.2 Å². The zero-order valence-electron chi connectivity index (χ0n) is 10.8. The van der Waals surface area contributed by atoms with E-state index in [2.05, 4.69) is 0 Å². The van der Waals surface area contributed by atoms with Gasteiger partial charge in [-0.2, -0.15) is 0 Å². The normalized spacial score (nSPS) is 20.5. The molecule has 0 spiro atoms. The number of nitrogens with zero attached hydrogens (tertiary/aromatic N) is 1. The maximum atomic E-state index is 12.1. The Morgan fingerprint density at radius 3 is 2.43 bits per heavy atom. The Bertz CT molecular complexity index is 710. The predicted octanol–water partition coefficient (Wildman–Crippen LogP) is 2.27. The van der Waals surface area contributed by atoms with Gasteiger partial charge >= 0.3 is 0 Å². The molecule has 1 heterocycles. The molecule has 0 radical (unpaired) electrons. The monoisotopic (exact) mass is 285 g/mol. The average molecular weight is 285 g/mol. The van der Waals surface area contributed by atoms with Crippen molar-refractivity contribution in [3.63, 3.8) is 0 Å². The number of aliphatic hydroxyl groups is 1. The Morgan fingerprint density at radius 2 is 1.76 bits per heavy atom. The van der Waals surface area contributed by atoms with Crippen LogP contribution in [0.25, 0.3) is 0 Å². The standard InChI is InChI=1S/C15H11NO5/c17-13-11-3-1-2-4-12(11)21-15(14(13)18)9-5-7-10(8-6-9)16(19)20/h1-8,14-15,18H. The number of Topliss-reactive ketones (excluding diaryl/α,β-unsaturated/α-hetero) is 1. The van der Waals surface area contributed by atoms with Crippen LogP contribution in [0.15, 0.2) is 48.5 Å². The molecule has 0 aromatic heterocycles. The molecule has 2 aromatic rings. The second kappa shape index (κ2) is 4.99. The molecule has 0 saturated carbocycles. The molecule has 2 unspecified atom stereocenters. The van der Waals surface area contributed by atoms with Crippen LogP contribution in [-0.4, -0.2) is 21.9 Å². The highest BCUT2D eigenvalue weighted by Crippen LogP contribution is 2.35. The number of nitro benzene ring substituents is 1. The summed E-state index contributed by atoms with van der Waals surface area (Å²) in [4.78, 5) is 22.3. The highest BCUT2D eigenvalue weighted by Gasteiger charge is 2.36. The van der Waals surface area contributed by atoms with E-state index in [1.165, 1.54) is 24.3 Å².